The van der Waals surface area contributed by atoms with Crippen molar-refractivity contribution in [3.8, 4) is 0 Å². The molecule has 140 valence electrons. The Kier molecular flexibility index (Phi) is 5.94. The first kappa shape index (κ1) is 18.3. The zero-order valence-electron chi connectivity index (χ0n) is 14.9. The van der Waals surface area contributed by atoms with E-state index in [1.165, 1.54) is 0 Å². The first-order chi connectivity index (χ1) is 13.3. The van der Waals surface area contributed by atoms with Crippen molar-refractivity contribution in [2.24, 2.45) is 0 Å². The van der Waals surface area contributed by atoms with E-state index in [9.17, 15) is 4.79 Å². The molecule has 1 aliphatic heterocycles. The van der Waals surface area contributed by atoms with Crippen LogP contribution in [0.25, 0.3) is 16.3 Å². The number of amides is 1. The first-order valence-corrected chi connectivity index (χ1v) is 10.7. The number of hydrogen-bond donors (Lipinski definition) is 0. The van der Waals surface area contributed by atoms with Gasteiger partial charge in [-0.05, 0) is 29.7 Å². The second kappa shape index (κ2) is 8.75. The highest BCUT2D eigenvalue weighted by Crippen LogP contribution is 2.29. The summed E-state index contributed by atoms with van der Waals surface area (Å²) < 4.78 is 6.51. The fourth-order valence-corrected chi connectivity index (χ4v) is 4.59. The van der Waals surface area contributed by atoms with E-state index in [0.29, 0.717) is 6.54 Å². The van der Waals surface area contributed by atoms with Crippen molar-refractivity contribution in [1.82, 2.24) is 9.88 Å². The molecule has 1 amide bonds. The van der Waals surface area contributed by atoms with Crippen LogP contribution in [0.15, 0.2) is 47.9 Å². The summed E-state index contributed by atoms with van der Waals surface area (Å²) in [6.07, 6.45) is 3.53. The summed E-state index contributed by atoms with van der Waals surface area (Å²) in [5, 5.41) is 2.76. The summed E-state index contributed by atoms with van der Waals surface area (Å²) in [7, 11) is 0. The molecule has 0 unspecified atom stereocenters. The van der Waals surface area contributed by atoms with Crippen molar-refractivity contribution < 1.29 is 9.53 Å². The number of anilines is 1. The molecule has 0 N–H and O–H groups in total. The number of para-hydroxylation sites is 1. The van der Waals surface area contributed by atoms with Crippen molar-refractivity contribution in [1.29, 1.82) is 0 Å². The summed E-state index contributed by atoms with van der Waals surface area (Å²) in [4.78, 5) is 22.8. The van der Waals surface area contributed by atoms with Gasteiger partial charge in [-0.15, -0.1) is 11.3 Å². The Labute approximate surface area is 166 Å². The van der Waals surface area contributed by atoms with Crippen LogP contribution < -0.4 is 4.90 Å². The number of thiazole rings is 1. The number of thiophene rings is 1. The number of morpholine rings is 1. The van der Waals surface area contributed by atoms with Crippen LogP contribution in [-0.2, 0) is 9.53 Å². The number of aromatic nitrogens is 1. The quantitative estimate of drug-likeness (QED) is 0.593. The number of carbonyl (C=O) groups is 1. The smallest absolute Gasteiger partial charge is 0.252 e. The summed E-state index contributed by atoms with van der Waals surface area (Å²) in [5.41, 5.74) is 0.934. The van der Waals surface area contributed by atoms with Crippen LogP contribution in [0.1, 0.15) is 4.88 Å². The molecular formula is C20H21N3O2S2. The molecular weight excluding hydrogens is 378 g/mol. The van der Waals surface area contributed by atoms with Gasteiger partial charge in [-0.3, -0.25) is 14.6 Å². The molecule has 0 radical (unpaired) electrons. The fourth-order valence-electron chi connectivity index (χ4n) is 2.97. The lowest BCUT2D eigenvalue weighted by atomic mass is 10.3. The van der Waals surface area contributed by atoms with Crippen molar-refractivity contribution in [2.75, 3.05) is 44.3 Å². The summed E-state index contributed by atoms with van der Waals surface area (Å²) in [5.74, 6) is -0.0317. The molecule has 1 saturated heterocycles. The maximum atomic E-state index is 13.0. The number of rotatable bonds is 6. The topological polar surface area (TPSA) is 45.7 Å². The number of hydrogen-bond acceptors (Lipinski definition) is 6. The SMILES string of the molecule is O=C(/C=C/c1cccs1)N(CCN1CCOCC1)c1nc2ccccc2s1. The van der Waals surface area contributed by atoms with E-state index in [-0.39, 0.29) is 5.91 Å². The van der Waals surface area contributed by atoms with E-state index in [4.69, 9.17) is 9.72 Å². The number of nitrogens with zero attached hydrogens (tertiary/aromatic N) is 3. The summed E-state index contributed by atoms with van der Waals surface area (Å²) in [6, 6.07) is 12.0. The molecule has 4 rings (SSSR count). The van der Waals surface area contributed by atoms with Gasteiger partial charge in [0, 0.05) is 37.1 Å². The molecule has 5 nitrogen and oxygen atoms in total. The van der Waals surface area contributed by atoms with Crippen molar-refractivity contribution >= 4 is 50.0 Å². The largest absolute Gasteiger partial charge is 0.379 e. The van der Waals surface area contributed by atoms with Gasteiger partial charge < -0.3 is 4.74 Å². The summed E-state index contributed by atoms with van der Waals surface area (Å²) >= 11 is 3.18. The Balaban J connectivity index is 1.54. The predicted molar refractivity (Wildman–Crippen MR) is 113 cm³/mol. The monoisotopic (exact) mass is 399 g/mol. The second-order valence-electron chi connectivity index (χ2n) is 6.26. The normalized spacial score (nSPS) is 15.6. The van der Waals surface area contributed by atoms with Gasteiger partial charge in [-0.2, -0.15) is 0 Å². The van der Waals surface area contributed by atoms with E-state index in [2.05, 4.69) is 4.90 Å². The van der Waals surface area contributed by atoms with Gasteiger partial charge >= 0.3 is 0 Å². The molecule has 0 saturated carbocycles. The first-order valence-electron chi connectivity index (χ1n) is 8.98. The molecule has 0 spiro atoms. The molecule has 0 atom stereocenters. The Hall–Kier alpha value is -2.06. The zero-order valence-corrected chi connectivity index (χ0v) is 16.5. The van der Waals surface area contributed by atoms with Crippen LogP contribution in [-0.4, -0.2) is 55.2 Å². The van der Waals surface area contributed by atoms with E-state index in [1.54, 1.807) is 33.6 Å². The Bertz CT molecular complexity index is 881. The third kappa shape index (κ3) is 4.62. The van der Waals surface area contributed by atoms with Crippen LogP contribution in [0.3, 0.4) is 0 Å². The lowest BCUT2D eigenvalue weighted by molar-refractivity contribution is -0.114. The van der Waals surface area contributed by atoms with E-state index >= 15 is 0 Å². The minimum Gasteiger partial charge on any atom is -0.379 e. The lowest BCUT2D eigenvalue weighted by Crippen LogP contribution is -2.42. The molecule has 1 aliphatic rings. The molecule has 1 fully saturated rings. The van der Waals surface area contributed by atoms with Crippen LogP contribution in [0.4, 0.5) is 5.13 Å². The molecule has 27 heavy (non-hydrogen) atoms. The van der Waals surface area contributed by atoms with Gasteiger partial charge in [0.2, 0.25) is 0 Å². The minimum absolute atomic E-state index is 0.0317. The molecule has 1 aromatic carbocycles. The molecule has 3 aromatic rings. The van der Waals surface area contributed by atoms with E-state index in [1.807, 2.05) is 47.9 Å². The highest BCUT2D eigenvalue weighted by molar-refractivity contribution is 7.22. The van der Waals surface area contributed by atoms with Crippen LogP contribution in [0.2, 0.25) is 0 Å². The lowest BCUT2D eigenvalue weighted by Gasteiger charge is -2.28. The predicted octanol–water partition coefficient (Wildman–Crippen LogP) is 3.74. The Morgan fingerprint density at radius 2 is 2.07 bits per heavy atom. The number of carbonyl (C=O) groups excluding carboxylic acids is 1. The summed E-state index contributed by atoms with van der Waals surface area (Å²) in [6.45, 7) is 4.77. The van der Waals surface area contributed by atoms with Crippen LogP contribution in [0.5, 0.6) is 0 Å². The van der Waals surface area contributed by atoms with Gasteiger partial charge in [-0.1, -0.05) is 29.5 Å². The standard InChI is InChI=1S/C20H21N3O2S2/c24-19(8-7-16-4-3-15-26-16)23(10-9-22-11-13-25-14-12-22)20-21-17-5-1-2-6-18(17)27-20/h1-8,15H,9-14H2/b8-7+. The highest BCUT2D eigenvalue weighted by Gasteiger charge is 2.20. The van der Waals surface area contributed by atoms with Crippen molar-refractivity contribution in [3.05, 3.63) is 52.7 Å². The maximum Gasteiger partial charge on any atom is 0.252 e. The van der Waals surface area contributed by atoms with Crippen LogP contribution >= 0.6 is 22.7 Å². The van der Waals surface area contributed by atoms with E-state index < -0.39 is 0 Å². The van der Waals surface area contributed by atoms with Gasteiger partial charge in [0.25, 0.3) is 5.91 Å². The number of ether oxygens (including phenoxy) is 1. The maximum absolute atomic E-state index is 13.0. The fraction of sp³-hybridized carbons (Fsp3) is 0.300. The second-order valence-corrected chi connectivity index (χ2v) is 8.25. The Morgan fingerprint density at radius 1 is 1.22 bits per heavy atom. The van der Waals surface area contributed by atoms with Crippen molar-refractivity contribution in [2.45, 2.75) is 0 Å². The average Bonchev–Trinajstić information content (AvgIpc) is 3.37. The average molecular weight is 400 g/mol. The molecule has 2 aromatic heterocycles. The zero-order chi connectivity index (χ0) is 18.5. The molecule has 0 aliphatic carbocycles. The minimum atomic E-state index is -0.0317. The van der Waals surface area contributed by atoms with Crippen LogP contribution in [0, 0.1) is 0 Å². The van der Waals surface area contributed by atoms with Crippen molar-refractivity contribution in [3.63, 3.8) is 0 Å². The third-order valence-corrected chi connectivity index (χ3v) is 6.35. The van der Waals surface area contributed by atoms with Gasteiger partial charge in [0.1, 0.15) is 0 Å². The molecule has 0 bridgehead atoms. The van der Waals surface area contributed by atoms with Gasteiger partial charge in [-0.25, -0.2) is 4.98 Å². The molecule has 7 heteroatoms. The number of benzene rings is 1. The molecule has 3 heterocycles. The van der Waals surface area contributed by atoms with Gasteiger partial charge in [0.05, 0.1) is 23.4 Å². The number of fused-ring (bicyclic) bond motifs is 1. The third-order valence-electron chi connectivity index (χ3n) is 4.46. The Morgan fingerprint density at radius 3 is 2.85 bits per heavy atom. The van der Waals surface area contributed by atoms with Gasteiger partial charge in [0.15, 0.2) is 5.13 Å². The van der Waals surface area contributed by atoms with E-state index in [0.717, 1.165) is 53.1 Å². The highest BCUT2D eigenvalue weighted by atomic mass is 32.1.